The van der Waals surface area contributed by atoms with Crippen molar-refractivity contribution in [2.45, 2.75) is 51.1 Å². The quantitative estimate of drug-likeness (QED) is 0.644. The van der Waals surface area contributed by atoms with Gasteiger partial charge in [-0.15, -0.1) is 0 Å². The fourth-order valence-corrected chi connectivity index (χ4v) is 2.02. The molecule has 90 valence electrons. The summed E-state index contributed by atoms with van der Waals surface area (Å²) in [5.74, 6) is 0. The van der Waals surface area contributed by atoms with Gasteiger partial charge < -0.3 is 4.90 Å². The molecule has 0 aliphatic carbocycles. The van der Waals surface area contributed by atoms with Crippen LogP contribution in [0.5, 0.6) is 0 Å². The molecule has 0 atom stereocenters. The number of rotatable bonds is 5. The lowest BCUT2D eigenvalue weighted by Gasteiger charge is -2.26. The summed E-state index contributed by atoms with van der Waals surface area (Å²) >= 11 is 0. The van der Waals surface area contributed by atoms with Crippen molar-refractivity contribution in [1.29, 1.82) is 0 Å². The molecule has 1 nitrogen and oxygen atoms in total. The van der Waals surface area contributed by atoms with Gasteiger partial charge in [-0.05, 0) is 45.3 Å². The molecule has 0 aromatic carbocycles. The Morgan fingerprint density at radius 1 is 0.867 bits per heavy atom. The molecule has 15 heavy (non-hydrogen) atoms. The van der Waals surface area contributed by atoms with E-state index in [0.717, 1.165) is 26.1 Å². The second-order valence-electron chi connectivity index (χ2n) is 4.33. The predicted molar refractivity (Wildman–Crippen MR) is 54.8 cm³/mol. The van der Waals surface area contributed by atoms with Crippen molar-refractivity contribution < 1.29 is 13.2 Å². The summed E-state index contributed by atoms with van der Waals surface area (Å²) in [5.41, 5.74) is 0. The van der Waals surface area contributed by atoms with E-state index in [1.807, 2.05) is 0 Å². The van der Waals surface area contributed by atoms with Crippen LogP contribution in [0, 0.1) is 0 Å². The van der Waals surface area contributed by atoms with Gasteiger partial charge in [0.2, 0.25) is 0 Å². The summed E-state index contributed by atoms with van der Waals surface area (Å²) in [4.78, 5) is 2.37. The summed E-state index contributed by atoms with van der Waals surface area (Å²) in [6, 6.07) is 0. The minimum absolute atomic E-state index is 0.289. The maximum absolute atomic E-state index is 11.8. The molecule has 0 spiro atoms. The third-order valence-electron chi connectivity index (χ3n) is 2.88. The van der Waals surface area contributed by atoms with E-state index in [2.05, 4.69) is 4.90 Å². The lowest BCUT2D eigenvalue weighted by atomic mass is 10.1. The molecule has 1 aliphatic heterocycles. The lowest BCUT2D eigenvalue weighted by molar-refractivity contribution is -0.135. The van der Waals surface area contributed by atoms with Crippen molar-refractivity contribution in [3.05, 3.63) is 0 Å². The van der Waals surface area contributed by atoms with Gasteiger partial charge >= 0.3 is 6.18 Å². The average molecular weight is 223 g/mol. The molecule has 1 fully saturated rings. The molecular weight excluding hydrogens is 203 g/mol. The highest BCUT2D eigenvalue weighted by atomic mass is 19.4. The third kappa shape index (κ3) is 6.77. The molecule has 1 saturated heterocycles. The SMILES string of the molecule is FC(F)(F)CCCCCN1CCCCC1. The number of hydrogen-bond acceptors (Lipinski definition) is 1. The first-order valence-electron chi connectivity index (χ1n) is 5.87. The van der Waals surface area contributed by atoms with Crippen LogP contribution in [0.25, 0.3) is 0 Å². The first-order chi connectivity index (χ1) is 7.08. The summed E-state index contributed by atoms with van der Waals surface area (Å²) in [6.07, 6.45) is 1.14. The molecule has 1 rings (SSSR count). The molecule has 0 saturated carbocycles. The Bertz CT molecular complexity index is 162. The van der Waals surface area contributed by atoms with Crippen LogP contribution < -0.4 is 0 Å². The van der Waals surface area contributed by atoms with Gasteiger partial charge in [-0.1, -0.05) is 12.8 Å². The first-order valence-corrected chi connectivity index (χ1v) is 5.87. The maximum atomic E-state index is 11.8. The normalized spacial score (nSPS) is 19.4. The van der Waals surface area contributed by atoms with Crippen molar-refractivity contribution in [3.63, 3.8) is 0 Å². The highest BCUT2D eigenvalue weighted by Crippen LogP contribution is 2.22. The van der Waals surface area contributed by atoms with Crippen molar-refractivity contribution in [2.24, 2.45) is 0 Å². The van der Waals surface area contributed by atoms with E-state index < -0.39 is 12.6 Å². The molecule has 0 aromatic heterocycles. The van der Waals surface area contributed by atoms with Crippen LogP contribution in [-0.2, 0) is 0 Å². The fourth-order valence-electron chi connectivity index (χ4n) is 2.02. The second kappa shape index (κ2) is 6.36. The van der Waals surface area contributed by atoms with Gasteiger partial charge in [0.15, 0.2) is 0 Å². The Labute approximate surface area is 89.6 Å². The average Bonchev–Trinajstić information content (AvgIpc) is 2.17. The Kier molecular flexibility index (Phi) is 5.43. The molecule has 0 bridgehead atoms. The number of hydrogen-bond donors (Lipinski definition) is 0. The Morgan fingerprint density at radius 3 is 2.13 bits per heavy atom. The molecule has 0 N–H and O–H groups in total. The van der Waals surface area contributed by atoms with Crippen LogP contribution in [0.4, 0.5) is 13.2 Å². The van der Waals surface area contributed by atoms with Crippen LogP contribution in [-0.4, -0.2) is 30.7 Å². The van der Waals surface area contributed by atoms with Gasteiger partial charge in [0.05, 0.1) is 0 Å². The number of likely N-dealkylation sites (tertiary alicyclic amines) is 1. The largest absolute Gasteiger partial charge is 0.389 e. The monoisotopic (exact) mass is 223 g/mol. The topological polar surface area (TPSA) is 3.24 Å². The van der Waals surface area contributed by atoms with Crippen molar-refractivity contribution in [1.82, 2.24) is 4.90 Å². The van der Waals surface area contributed by atoms with Gasteiger partial charge in [0.1, 0.15) is 0 Å². The van der Waals surface area contributed by atoms with Gasteiger partial charge in [0.25, 0.3) is 0 Å². The van der Waals surface area contributed by atoms with E-state index in [1.54, 1.807) is 0 Å². The van der Waals surface area contributed by atoms with Crippen molar-refractivity contribution in [2.75, 3.05) is 19.6 Å². The number of nitrogens with zero attached hydrogens (tertiary/aromatic N) is 1. The summed E-state index contributed by atoms with van der Waals surface area (Å²) in [6.45, 7) is 3.26. The van der Waals surface area contributed by atoms with E-state index in [9.17, 15) is 13.2 Å². The number of halogens is 3. The highest BCUT2D eigenvalue weighted by molar-refractivity contribution is 4.64. The van der Waals surface area contributed by atoms with Crippen LogP contribution in [0.2, 0.25) is 0 Å². The number of alkyl halides is 3. The van der Waals surface area contributed by atoms with Crippen LogP contribution >= 0.6 is 0 Å². The van der Waals surface area contributed by atoms with Crippen LogP contribution in [0.15, 0.2) is 0 Å². The minimum Gasteiger partial charge on any atom is -0.303 e. The molecule has 1 heterocycles. The van der Waals surface area contributed by atoms with E-state index in [1.165, 1.54) is 19.3 Å². The van der Waals surface area contributed by atoms with Gasteiger partial charge in [0, 0.05) is 6.42 Å². The van der Waals surface area contributed by atoms with E-state index in [4.69, 9.17) is 0 Å². The molecular formula is C11H20F3N. The van der Waals surface area contributed by atoms with E-state index >= 15 is 0 Å². The molecule has 4 heteroatoms. The Balaban J connectivity index is 1.92. The smallest absolute Gasteiger partial charge is 0.303 e. The van der Waals surface area contributed by atoms with E-state index in [-0.39, 0.29) is 6.42 Å². The highest BCUT2D eigenvalue weighted by Gasteiger charge is 2.25. The molecule has 1 aliphatic rings. The fraction of sp³-hybridized carbons (Fsp3) is 1.00. The zero-order valence-electron chi connectivity index (χ0n) is 9.15. The summed E-state index contributed by atoms with van der Waals surface area (Å²) in [7, 11) is 0. The second-order valence-corrected chi connectivity index (χ2v) is 4.33. The van der Waals surface area contributed by atoms with Crippen molar-refractivity contribution in [3.8, 4) is 0 Å². The van der Waals surface area contributed by atoms with Crippen LogP contribution in [0.3, 0.4) is 0 Å². The number of unbranched alkanes of at least 4 members (excludes halogenated alkanes) is 2. The van der Waals surface area contributed by atoms with Crippen LogP contribution in [0.1, 0.15) is 44.9 Å². The first kappa shape index (κ1) is 12.8. The molecule has 0 unspecified atom stereocenters. The van der Waals surface area contributed by atoms with Gasteiger partial charge in [-0.3, -0.25) is 0 Å². The summed E-state index contributed by atoms with van der Waals surface area (Å²) < 4.78 is 35.5. The van der Waals surface area contributed by atoms with E-state index in [0.29, 0.717) is 6.42 Å². The van der Waals surface area contributed by atoms with Gasteiger partial charge in [-0.2, -0.15) is 13.2 Å². The Morgan fingerprint density at radius 2 is 1.53 bits per heavy atom. The maximum Gasteiger partial charge on any atom is 0.389 e. The standard InChI is InChI=1S/C11H20F3N/c12-11(13,14)7-3-1-4-8-15-9-5-2-6-10-15/h1-10H2. The zero-order valence-corrected chi connectivity index (χ0v) is 9.15. The summed E-state index contributed by atoms with van der Waals surface area (Å²) in [5, 5.41) is 0. The number of piperidine rings is 1. The minimum atomic E-state index is -3.97. The molecule has 0 aromatic rings. The zero-order chi connectivity index (χ0) is 11.1. The Hall–Kier alpha value is -0.250. The lowest BCUT2D eigenvalue weighted by Crippen LogP contribution is -2.30. The third-order valence-corrected chi connectivity index (χ3v) is 2.88. The molecule has 0 amide bonds. The van der Waals surface area contributed by atoms with Gasteiger partial charge in [-0.25, -0.2) is 0 Å². The predicted octanol–water partition coefficient (Wildman–Crippen LogP) is 3.60. The molecule has 0 radical (unpaired) electrons. The van der Waals surface area contributed by atoms with Crippen molar-refractivity contribution >= 4 is 0 Å².